The molecule has 2 N–H and O–H groups in total. The van der Waals surface area contributed by atoms with Gasteiger partial charge in [-0.05, 0) is 57.7 Å². The predicted molar refractivity (Wildman–Crippen MR) is 111 cm³/mol. The Kier molecular flexibility index (Phi) is 5.06. The lowest BCUT2D eigenvalue weighted by molar-refractivity contribution is 0.0123. The molecule has 0 radical (unpaired) electrons. The van der Waals surface area contributed by atoms with Crippen molar-refractivity contribution in [1.82, 2.24) is 14.9 Å². The second-order valence-corrected chi connectivity index (χ2v) is 8.81. The van der Waals surface area contributed by atoms with Crippen molar-refractivity contribution in [3.8, 4) is 17.0 Å². The molecule has 1 atom stereocenters. The van der Waals surface area contributed by atoms with Crippen molar-refractivity contribution in [2.24, 2.45) is 5.92 Å². The maximum absolute atomic E-state index is 12.3. The third-order valence-corrected chi connectivity index (χ3v) is 5.45. The summed E-state index contributed by atoms with van der Waals surface area (Å²) in [5.74, 6) is 1.77. The minimum Gasteiger partial charge on any atom is -0.488 e. The Hall–Kier alpha value is -2.83. The summed E-state index contributed by atoms with van der Waals surface area (Å²) >= 11 is 0. The molecule has 1 fully saturated rings. The number of hydrogen-bond acceptors (Lipinski definition) is 6. The van der Waals surface area contributed by atoms with Gasteiger partial charge in [-0.2, -0.15) is 0 Å². The fraction of sp³-hybridized carbons (Fsp3) is 0.500. The number of anilines is 1. The van der Waals surface area contributed by atoms with Crippen LogP contribution in [0.25, 0.3) is 11.3 Å². The van der Waals surface area contributed by atoms with Gasteiger partial charge in [-0.15, -0.1) is 0 Å². The van der Waals surface area contributed by atoms with Crippen LogP contribution >= 0.6 is 0 Å². The van der Waals surface area contributed by atoms with Crippen LogP contribution in [0.5, 0.6) is 5.75 Å². The highest BCUT2D eigenvalue weighted by atomic mass is 16.6. The molecule has 0 spiro atoms. The number of carbonyl (C=O) groups is 1. The van der Waals surface area contributed by atoms with Crippen molar-refractivity contribution in [2.45, 2.75) is 51.7 Å². The van der Waals surface area contributed by atoms with Gasteiger partial charge >= 0.3 is 6.09 Å². The number of rotatable bonds is 2. The number of nitrogens with two attached hydrogens (primary N) is 1. The number of nitrogen functional groups attached to an aromatic ring is 1. The Labute approximate surface area is 171 Å². The number of pyridine rings is 2. The molecule has 1 unspecified atom stereocenters. The quantitative estimate of drug-likeness (QED) is 0.833. The molecule has 7 heteroatoms. The minimum atomic E-state index is -0.463. The van der Waals surface area contributed by atoms with E-state index in [1.54, 1.807) is 23.4 Å². The number of hydrogen-bond donors (Lipinski definition) is 1. The van der Waals surface area contributed by atoms with Crippen molar-refractivity contribution >= 4 is 11.9 Å². The van der Waals surface area contributed by atoms with Gasteiger partial charge in [0.2, 0.25) is 0 Å². The van der Waals surface area contributed by atoms with Crippen LogP contribution < -0.4 is 10.5 Å². The molecule has 4 heterocycles. The summed E-state index contributed by atoms with van der Waals surface area (Å²) in [7, 11) is 0. The van der Waals surface area contributed by atoms with E-state index in [4.69, 9.17) is 15.2 Å². The normalized spacial score (nSPS) is 19.6. The van der Waals surface area contributed by atoms with Gasteiger partial charge in [0.15, 0.2) is 0 Å². The van der Waals surface area contributed by atoms with Gasteiger partial charge in [-0.3, -0.25) is 4.98 Å². The highest BCUT2D eigenvalue weighted by Crippen LogP contribution is 2.36. The first-order valence-electron chi connectivity index (χ1n) is 10.1. The molecular formula is C22H28N4O3. The molecule has 0 saturated carbocycles. The molecule has 1 amide bonds. The molecule has 2 aromatic heterocycles. The molecule has 2 aliphatic heterocycles. The Balaban J connectivity index is 1.37. The fourth-order valence-electron chi connectivity index (χ4n) is 3.93. The summed E-state index contributed by atoms with van der Waals surface area (Å²) < 4.78 is 11.7. The van der Waals surface area contributed by atoms with Crippen LogP contribution in [-0.4, -0.2) is 45.8 Å². The average molecular weight is 396 g/mol. The molecule has 2 aromatic rings. The molecule has 0 aromatic carbocycles. The van der Waals surface area contributed by atoms with Gasteiger partial charge in [0.05, 0.1) is 11.9 Å². The van der Waals surface area contributed by atoms with Crippen molar-refractivity contribution in [3.63, 3.8) is 0 Å². The Bertz CT molecular complexity index is 884. The van der Waals surface area contributed by atoms with E-state index in [1.807, 2.05) is 26.8 Å². The second-order valence-electron chi connectivity index (χ2n) is 8.81. The summed E-state index contributed by atoms with van der Waals surface area (Å²) in [5, 5.41) is 0. The molecule has 29 heavy (non-hydrogen) atoms. The van der Waals surface area contributed by atoms with Crippen LogP contribution in [0.4, 0.5) is 10.6 Å². The molecule has 7 nitrogen and oxygen atoms in total. The Morgan fingerprint density at radius 3 is 2.62 bits per heavy atom. The molecule has 0 bridgehead atoms. The van der Waals surface area contributed by atoms with Gasteiger partial charge in [0.1, 0.15) is 23.3 Å². The monoisotopic (exact) mass is 396 g/mol. The summed E-state index contributed by atoms with van der Waals surface area (Å²) in [6, 6.07) is 5.79. The topological polar surface area (TPSA) is 90.6 Å². The van der Waals surface area contributed by atoms with Crippen LogP contribution in [0.15, 0.2) is 30.6 Å². The highest BCUT2D eigenvalue weighted by molar-refractivity contribution is 5.68. The van der Waals surface area contributed by atoms with E-state index < -0.39 is 5.60 Å². The minimum absolute atomic E-state index is 0.132. The first kappa shape index (κ1) is 19.5. The first-order valence-corrected chi connectivity index (χ1v) is 10.1. The van der Waals surface area contributed by atoms with E-state index in [0.717, 1.165) is 36.3 Å². The van der Waals surface area contributed by atoms with Crippen LogP contribution in [0.1, 0.15) is 39.2 Å². The lowest BCUT2D eigenvalue weighted by Gasteiger charge is -2.35. The maximum Gasteiger partial charge on any atom is 0.410 e. The number of nitrogens with zero attached hydrogens (tertiary/aromatic N) is 3. The van der Waals surface area contributed by atoms with Crippen molar-refractivity contribution in [1.29, 1.82) is 0 Å². The van der Waals surface area contributed by atoms with Gasteiger partial charge in [-0.1, -0.05) is 0 Å². The van der Waals surface area contributed by atoms with Crippen molar-refractivity contribution in [3.05, 3.63) is 36.2 Å². The number of aromatic nitrogens is 2. The zero-order valence-electron chi connectivity index (χ0n) is 17.2. The zero-order chi connectivity index (χ0) is 20.6. The summed E-state index contributed by atoms with van der Waals surface area (Å²) in [5.41, 5.74) is 8.20. The second kappa shape index (κ2) is 7.54. The number of amides is 1. The Morgan fingerprint density at radius 2 is 1.97 bits per heavy atom. The number of likely N-dealkylation sites (tertiary alicyclic amines) is 1. The lowest BCUT2D eigenvalue weighted by atomic mass is 9.89. The highest BCUT2D eigenvalue weighted by Gasteiger charge is 2.35. The number of fused-ring (bicyclic) bond motifs is 1. The summed E-state index contributed by atoms with van der Waals surface area (Å²) in [6.07, 6.45) is 6.15. The first-order chi connectivity index (χ1) is 13.8. The van der Waals surface area contributed by atoms with E-state index in [0.29, 0.717) is 24.8 Å². The van der Waals surface area contributed by atoms with Gasteiger partial charge < -0.3 is 20.1 Å². The summed E-state index contributed by atoms with van der Waals surface area (Å²) in [4.78, 5) is 22.7. The largest absolute Gasteiger partial charge is 0.488 e. The average Bonchev–Trinajstić information content (AvgIpc) is 3.11. The third-order valence-electron chi connectivity index (χ3n) is 5.45. The van der Waals surface area contributed by atoms with E-state index in [1.165, 1.54) is 5.56 Å². The fourth-order valence-corrected chi connectivity index (χ4v) is 3.93. The van der Waals surface area contributed by atoms with Gasteiger partial charge in [0.25, 0.3) is 0 Å². The zero-order valence-corrected chi connectivity index (χ0v) is 17.2. The van der Waals surface area contributed by atoms with Gasteiger partial charge in [-0.25, -0.2) is 9.78 Å². The van der Waals surface area contributed by atoms with E-state index in [-0.39, 0.29) is 12.2 Å². The predicted octanol–water partition coefficient (Wildman–Crippen LogP) is 3.68. The smallest absolute Gasteiger partial charge is 0.410 e. The van der Waals surface area contributed by atoms with Crippen molar-refractivity contribution < 1.29 is 14.3 Å². The lowest BCUT2D eigenvalue weighted by Crippen LogP contribution is -2.44. The number of carbonyl (C=O) groups excluding carboxylic acids is 1. The van der Waals surface area contributed by atoms with Crippen LogP contribution in [-0.2, 0) is 11.2 Å². The van der Waals surface area contributed by atoms with E-state index in [9.17, 15) is 4.79 Å². The molecule has 4 rings (SSSR count). The van der Waals surface area contributed by atoms with Crippen molar-refractivity contribution in [2.75, 3.05) is 18.8 Å². The molecular weight excluding hydrogens is 368 g/mol. The number of piperidine rings is 1. The van der Waals surface area contributed by atoms with Gasteiger partial charge in [0, 0.05) is 36.8 Å². The standard InChI is InChI=1S/C22H28N4O3/c1-22(2,3)29-21(27)26-8-6-14(7-9-26)18-11-16-10-17(24-13-19(16)28-18)15-4-5-20(23)25-12-15/h4-5,10,12-14,18H,6-9,11H2,1-3H3,(H2,23,25). The SMILES string of the molecule is CC(C)(C)OC(=O)N1CCC(C2Cc3cc(-c4ccc(N)nc4)ncc3O2)CC1. The van der Waals surface area contributed by atoms with Crippen LogP contribution in [0, 0.1) is 5.92 Å². The van der Waals surface area contributed by atoms with E-state index >= 15 is 0 Å². The van der Waals surface area contributed by atoms with E-state index in [2.05, 4.69) is 16.0 Å². The number of ether oxygens (including phenoxy) is 2. The molecule has 0 aliphatic carbocycles. The summed E-state index contributed by atoms with van der Waals surface area (Å²) in [6.45, 7) is 7.09. The van der Waals surface area contributed by atoms with Crippen LogP contribution in [0.2, 0.25) is 0 Å². The molecule has 2 aliphatic rings. The third kappa shape index (κ3) is 4.44. The Morgan fingerprint density at radius 1 is 1.21 bits per heavy atom. The van der Waals surface area contributed by atoms with Crippen LogP contribution in [0.3, 0.4) is 0 Å². The molecule has 1 saturated heterocycles. The maximum atomic E-state index is 12.3. The molecule has 154 valence electrons.